The molecule has 0 bridgehead atoms. The first-order valence-electron chi connectivity index (χ1n) is 4.32. The lowest BCUT2D eigenvalue weighted by atomic mass is 10.1. The van der Waals surface area contributed by atoms with Gasteiger partial charge in [-0.15, -0.1) is 0 Å². The average molecular weight is 152 g/mol. The third-order valence-electron chi connectivity index (χ3n) is 2.27. The van der Waals surface area contributed by atoms with E-state index in [0.29, 0.717) is 0 Å². The van der Waals surface area contributed by atoms with Gasteiger partial charge in [0.25, 0.3) is 0 Å². The second-order valence-electron chi connectivity index (χ2n) is 3.63. The van der Waals surface area contributed by atoms with Crippen LogP contribution in [0.25, 0.3) is 0 Å². The molecule has 1 rings (SSSR count). The van der Waals surface area contributed by atoms with E-state index >= 15 is 0 Å². The summed E-state index contributed by atoms with van der Waals surface area (Å²) in [6, 6.07) is 2.40. The minimum absolute atomic E-state index is 0.0456. The summed E-state index contributed by atoms with van der Waals surface area (Å²) in [5, 5.41) is 8.80. The van der Waals surface area contributed by atoms with E-state index in [-0.39, 0.29) is 5.41 Å². The summed E-state index contributed by atoms with van der Waals surface area (Å²) in [6.07, 6.45) is 3.40. The highest BCUT2D eigenvalue weighted by molar-refractivity contribution is 5.11. The topological polar surface area (TPSA) is 27.0 Å². The van der Waals surface area contributed by atoms with Crippen molar-refractivity contribution in [1.29, 1.82) is 5.26 Å². The van der Waals surface area contributed by atoms with Crippen LogP contribution in [0.5, 0.6) is 0 Å². The molecule has 0 atom stereocenters. The highest BCUT2D eigenvalue weighted by Gasteiger charge is 2.43. The summed E-state index contributed by atoms with van der Waals surface area (Å²) in [7, 11) is 2.10. The summed E-state index contributed by atoms with van der Waals surface area (Å²) >= 11 is 0. The molecule has 0 heterocycles. The van der Waals surface area contributed by atoms with E-state index in [1.54, 1.807) is 0 Å². The van der Waals surface area contributed by atoms with Crippen LogP contribution in [0, 0.1) is 16.7 Å². The molecule has 0 aromatic heterocycles. The van der Waals surface area contributed by atoms with Gasteiger partial charge in [0.15, 0.2) is 0 Å². The molecule has 2 nitrogen and oxygen atoms in total. The minimum Gasteiger partial charge on any atom is -0.305 e. The molecular formula is C9H16N2. The second kappa shape index (κ2) is 3.23. The number of nitrogens with zero attached hydrogens (tertiary/aromatic N) is 2. The zero-order valence-corrected chi connectivity index (χ0v) is 7.43. The SMILES string of the molecule is CCCN(C)CC1(C#N)CC1. The van der Waals surface area contributed by atoms with E-state index < -0.39 is 0 Å². The van der Waals surface area contributed by atoms with Crippen LogP contribution in [-0.4, -0.2) is 25.0 Å². The van der Waals surface area contributed by atoms with Crippen LogP contribution in [0.2, 0.25) is 0 Å². The Kier molecular flexibility index (Phi) is 2.51. The summed E-state index contributed by atoms with van der Waals surface area (Å²) in [5.74, 6) is 0. The molecule has 2 heteroatoms. The van der Waals surface area contributed by atoms with Crippen LogP contribution in [0.4, 0.5) is 0 Å². The van der Waals surface area contributed by atoms with Crippen molar-refractivity contribution in [3.8, 4) is 6.07 Å². The van der Waals surface area contributed by atoms with Crippen molar-refractivity contribution in [2.45, 2.75) is 26.2 Å². The zero-order valence-electron chi connectivity index (χ0n) is 7.43. The maximum atomic E-state index is 8.80. The molecule has 1 aliphatic carbocycles. The fourth-order valence-corrected chi connectivity index (χ4v) is 1.43. The van der Waals surface area contributed by atoms with Crippen LogP contribution >= 0.6 is 0 Å². The monoisotopic (exact) mass is 152 g/mol. The van der Waals surface area contributed by atoms with Crippen molar-refractivity contribution in [2.75, 3.05) is 20.1 Å². The molecule has 1 saturated carbocycles. The van der Waals surface area contributed by atoms with E-state index in [0.717, 1.165) is 25.9 Å². The van der Waals surface area contributed by atoms with E-state index in [4.69, 9.17) is 5.26 Å². The van der Waals surface area contributed by atoms with Gasteiger partial charge in [-0.1, -0.05) is 6.92 Å². The Bertz CT molecular complexity index is 165. The maximum absolute atomic E-state index is 8.80. The first-order valence-corrected chi connectivity index (χ1v) is 4.32. The summed E-state index contributed by atoms with van der Waals surface area (Å²) in [6.45, 7) is 4.25. The molecule has 1 aliphatic rings. The van der Waals surface area contributed by atoms with Gasteiger partial charge in [0.05, 0.1) is 11.5 Å². The van der Waals surface area contributed by atoms with Crippen molar-refractivity contribution in [3.63, 3.8) is 0 Å². The lowest BCUT2D eigenvalue weighted by molar-refractivity contribution is 0.294. The predicted molar refractivity (Wildman–Crippen MR) is 45.1 cm³/mol. The molecule has 0 amide bonds. The van der Waals surface area contributed by atoms with Gasteiger partial charge in [0.2, 0.25) is 0 Å². The van der Waals surface area contributed by atoms with Gasteiger partial charge in [-0.05, 0) is 32.9 Å². The van der Waals surface area contributed by atoms with Gasteiger partial charge >= 0.3 is 0 Å². The molecule has 0 unspecified atom stereocenters. The van der Waals surface area contributed by atoms with Crippen molar-refractivity contribution < 1.29 is 0 Å². The molecule has 0 aliphatic heterocycles. The Labute approximate surface area is 68.8 Å². The Morgan fingerprint density at radius 2 is 2.18 bits per heavy atom. The molecular weight excluding hydrogens is 136 g/mol. The van der Waals surface area contributed by atoms with Gasteiger partial charge in [0, 0.05) is 6.54 Å². The van der Waals surface area contributed by atoms with Crippen molar-refractivity contribution in [3.05, 3.63) is 0 Å². The third-order valence-corrected chi connectivity index (χ3v) is 2.27. The third kappa shape index (κ3) is 2.20. The minimum atomic E-state index is 0.0456. The zero-order chi connectivity index (χ0) is 8.32. The van der Waals surface area contributed by atoms with E-state index in [2.05, 4.69) is 24.9 Å². The fourth-order valence-electron chi connectivity index (χ4n) is 1.43. The molecule has 0 radical (unpaired) electrons. The number of rotatable bonds is 4. The average Bonchev–Trinajstić information content (AvgIpc) is 2.70. The lowest BCUT2D eigenvalue weighted by Gasteiger charge is -2.17. The Hall–Kier alpha value is -0.550. The second-order valence-corrected chi connectivity index (χ2v) is 3.63. The molecule has 11 heavy (non-hydrogen) atoms. The predicted octanol–water partition coefficient (Wildman–Crippen LogP) is 1.63. The highest BCUT2D eigenvalue weighted by Crippen LogP contribution is 2.45. The van der Waals surface area contributed by atoms with Gasteiger partial charge in [-0.3, -0.25) is 0 Å². The van der Waals surface area contributed by atoms with Crippen LogP contribution < -0.4 is 0 Å². The lowest BCUT2D eigenvalue weighted by Crippen LogP contribution is -2.26. The van der Waals surface area contributed by atoms with E-state index in [1.165, 1.54) is 6.42 Å². The molecule has 0 saturated heterocycles. The Balaban J connectivity index is 2.25. The molecule has 0 aromatic carbocycles. The number of hydrogen-bond donors (Lipinski definition) is 0. The molecule has 1 fully saturated rings. The smallest absolute Gasteiger partial charge is 0.0703 e. The summed E-state index contributed by atoms with van der Waals surface area (Å²) in [4.78, 5) is 2.26. The standard InChI is InChI=1S/C9H16N2/c1-3-6-11(2)8-9(7-10)4-5-9/h3-6,8H2,1-2H3. The van der Waals surface area contributed by atoms with E-state index in [9.17, 15) is 0 Å². The first-order chi connectivity index (χ1) is 5.22. The van der Waals surface area contributed by atoms with Crippen molar-refractivity contribution in [2.24, 2.45) is 5.41 Å². The quantitative estimate of drug-likeness (QED) is 0.612. The Morgan fingerprint density at radius 3 is 2.55 bits per heavy atom. The van der Waals surface area contributed by atoms with Crippen molar-refractivity contribution >= 4 is 0 Å². The Morgan fingerprint density at radius 1 is 1.55 bits per heavy atom. The van der Waals surface area contributed by atoms with Crippen LogP contribution in [0.1, 0.15) is 26.2 Å². The molecule has 0 spiro atoms. The fraction of sp³-hybridized carbons (Fsp3) is 0.889. The summed E-state index contributed by atoms with van der Waals surface area (Å²) in [5.41, 5.74) is 0.0456. The molecule has 0 N–H and O–H groups in total. The first kappa shape index (κ1) is 8.55. The molecule has 0 aromatic rings. The summed E-state index contributed by atoms with van der Waals surface area (Å²) < 4.78 is 0. The number of nitriles is 1. The molecule has 62 valence electrons. The van der Waals surface area contributed by atoms with Crippen LogP contribution in [-0.2, 0) is 0 Å². The van der Waals surface area contributed by atoms with Crippen molar-refractivity contribution in [1.82, 2.24) is 4.90 Å². The van der Waals surface area contributed by atoms with Gasteiger partial charge < -0.3 is 4.90 Å². The van der Waals surface area contributed by atoms with Crippen LogP contribution in [0.15, 0.2) is 0 Å². The van der Waals surface area contributed by atoms with Gasteiger partial charge in [-0.2, -0.15) is 5.26 Å². The normalized spacial score (nSPS) is 19.8. The van der Waals surface area contributed by atoms with Gasteiger partial charge in [-0.25, -0.2) is 0 Å². The largest absolute Gasteiger partial charge is 0.305 e. The van der Waals surface area contributed by atoms with Crippen LogP contribution in [0.3, 0.4) is 0 Å². The van der Waals surface area contributed by atoms with E-state index in [1.807, 2.05) is 0 Å². The van der Waals surface area contributed by atoms with Gasteiger partial charge in [0.1, 0.15) is 0 Å². The maximum Gasteiger partial charge on any atom is 0.0703 e. The highest BCUT2D eigenvalue weighted by atomic mass is 15.1. The number of hydrogen-bond acceptors (Lipinski definition) is 2.